The van der Waals surface area contributed by atoms with E-state index in [4.69, 9.17) is 4.43 Å². The fourth-order valence-corrected chi connectivity index (χ4v) is 3.07. The molecule has 1 heterocycles. The van der Waals surface area contributed by atoms with Crippen molar-refractivity contribution >= 4 is 14.0 Å². The van der Waals surface area contributed by atoms with Gasteiger partial charge in [0.2, 0.25) is 0 Å². The van der Waals surface area contributed by atoms with Crippen LogP contribution in [0.15, 0.2) is 42.7 Å². The lowest BCUT2D eigenvalue weighted by Crippen LogP contribution is -2.42. The molecule has 21 heavy (non-hydrogen) atoms. The summed E-state index contributed by atoms with van der Waals surface area (Å²) >= 11 is 0. The molecule has 0 amide bonds. The lowest BCUT2D eigenvalue weighted by molar-refractivity contribution is 0.243. The molecule has 0 saturated heterocycles. The summed E-state index contributed by atoms with van der Waals surface area (Å²) in [5.41, 5.74) is 1.24. The maximum atomic E-state index is 6.24. The van der Waals surface area contributed by atoms with E-state index in [2.05, 4.69) is 80.3 Å². The Morgan fingerprint density at radius 2 is 1.76 bits per heavy atom. The molecule has 1 aliphatic heterocycles. The zero-order valence-corrected chi connectivity index (χ0v) is 15.0. The molecule has 0 spiro atoms. The van der Waals surface area contributed by atoms with Crippen molar-refractivity contribution in [2.24, 2.45) is 0 Å². The molecule has 0 fully saturated rings. The van der Waals surface area contributed by atoms with Crippen LogP contribution in [-0.4, -0.2) is 33.0 Å². The van der Waals surface area contributed by atoms with Crippen molar-refractivity contribution in [3.8, 4) is 0 Å². The first-order valence-corrected chi connectivity index (χ1v) is 10.6. The maximum Gasteiger partial charge on any atom is 0.192 e. The Bertz CT molecular complexity index is 479. The van der Waals surface area contributed by atoms with Gasteiger partial charge in [0.1, 0.15) is 0 Å². The molecule has 0 aliphatic carbocycles. The van der Waals surface area contributed by atoms with Crippen LogP contribution < -0.4 is 4.90 Å². The van der Waals surface area contributed by atoms with Crippen LogP contribution in [-0.2, 0) is 4.43 Å². The van der Waals surface area contributed by atoms with Crippen LogP contribution in [0.25, 0.3) is 0 Å². The van der Waals surface area contributed by atoms with Crippen LogP contribution in [0, 0.1) is 0 Å². The number of nitrogens with zero attached hydrogens (tertiary/aromatic N) is 2. The minimum absolute atomic E-state index is 0.282. The van der Waals surface area contributed by atoms with E-state index in [9.17, 15) is 0 Å². The standard InChI is InChI=1S/C17H28N2OSi/c1-17(2,3)21(4,5)20-14-13-18-11-12-19(15-18)16-9-7-6-8-10-16/h6-12H,13-15H2,1-5H3. The lowest BCUT2D eigenvalue weighted by Gasteiger charge is -2.36. The average molecular weight is 305 g/mol. The number of rotatable bonds is 5. The van der Waals surface area contributed by atoms with Gasteiger partial charge in [0, 0.05) is 24.6 Å². The van der Waals surface area contributed by atoms with Crippen LogP contribution in [0.2, 0.25) is 18.1 Å². The Labute approximate surface area is 130 Å². The first-order chi connectivity index (χ1) is 9.79. The van der Waals surface area contributed by atoms with Gasteiger partial charge < -0.3 is 14.2 Å². The van der Waals surface area contributed by atoms with Crippen LogP contribution in [0.1, 0.15) is 20.8 Å². The van der Waals surface area contributed by atoms with Crippen molar-refractivity contribution in [2.45, 2.75) is 38.9 Å². The number of anilines is 1. The van der Waals surface area contributed by atoms with Gasteiger partial charge in [0.05, 0.1) is 13.3 Å². The molecule has 4 heteroatoms. The van der Waals surface area contributed by atoms with Crippen molar-refractivity contribution < 1.29 is 4.43 Å². The van der Waals surface area contributed by atoms with Gasteiger partial charge in [-0.25, -0.2) is 0 Å². The molecule has 0 saturated carbocycles. The lowest BCUT2D eigenvalue weighted by atomic mass is 10.2. The molecular weight excluding hydrogens is 276 g/mol. The molecular formula is C17H28N2OSi. The first kappa shape index (κ1) is 16.1. The van der Waals surface area contributed by atoms with E-state index in [1.165, 1.54) is 5.69 Å². The summed E-state index contributed by atoms with van der Waals surface area (Å²) < 4.78 is 6.24. The Hall–Kier alpha value is -1.26. The van der Waals surface area contributed by atoms with Crippen molar-refractivity contribution in [3.63, 3.8) is 0 Å². The number of para-hydroxylation sites is 1. The second-order valence-electron chi connectivity index (χ2n) is 7.17. The SMILES string of the molecule is CC(C)(C)[Si](C)(C)OCCN1C=CN(c2ccccc2)C1. The second-order valence-corrected chi connectivity index (χ2v) is 12.0. The van der Waals surface area contributed by atoms with Crippen molar-refractivity contribution in [1.29, 1.82) is 0 Å². The van der Waals surface area contributed by atoms with Crippen LogP contribution in [0.4, 0.5) is 5.69 Å². The molecule has 0 N–H and O–H groups in total. The highest BCUT2D eigenvalue weighted by Gasteiger charge is 2.37. The monoisotopic (exact) mass is 304 g/mol. The van der Waals surface area contributed by atoms with Gasteiger partial charge in [-0.05, 0) is 30.3 Å². The van der Waals surface area contributed by atoms with Crippen molar-refractivity contribution in [1.82, 2.24) is 4.90 Å². The van der Waals surface area contributed by atoms with Gasteiger partial charge >= 0.3 is 0 Å². The number of hydrogen-bond donors (Lipinski definition) is 0. The summed E-state index contributed by atoms with van der Waals surface area (Å²) in [4.78, 5) is 4.56. The van der Waals surface area contributed by atoms with E-state index in [1.807, 2.05) is 6.07 Å². The minimum atomic E-state index is -1.62. The number of hydrogen-bond acceptors (Lipinski definition) is 3. The third-order valence-corrected chi connectivity index (χ3v) is 9.07. The highest BCUT2D eigenvalue weighted by molar-refractivity contribution is 6.74. The largest absolute Gasteiger partial charge is 0.415 e. The van der Waals surface area contributed by atoms with Crippen molar-refractivity contribution in [3.05, 3.63) is 42.7 Å². The van der Waals surface area contributed by atoms with Gasteiger partial charge in [-0.2, -0.15) is 0 Å². The Morgan fingerprint density at radius 1 is 1.10 bits per heavy atom. The Kier molecular flexibility index (Phi) is 4.79. The Morgan fingerprint density at radius 3 is 2.38 bits per heavy atom. The predicted molar refractivity (Wildman–Crippen MR) is 92.8 cm³/mol. The maximum absolute atomic E-state index is 6.24. The zero-order chi connectivity index (χ0) is 15.5. The third-order valence-electron chi connectivity index (χ3n) is 4.53. The summed E-state index contributed by atoms with van der Waals surface area (Å²) in [6, 6.07) is 10.5. The zero-order valence-electron chi connectivity index (χ0n) is 14.0. The molecule has 0 aromatic heterocycles. The minimum Gasteiger partial charge on any atom is -0.415 e. The predicted octanol–water partition coefficient (Wildman–Crippen LogP) is 4.26. The molecule has 0 unspecified atom stereocenters. The molecule has 1 aromatic rings. The molecule has 1 aliphatic rings. The molecule has 0 atom stereocenters. The van der Waals surface area contributed by atoms with Gasteiger partial charge in [-0.3, -0.25) is 0 Å². The van der Waals surface area contributed by atoms with E-state index in [0.29, 0.717) is 0 Å². The fourth-order valence-electron chi connectivity index (χ4n) is 2.03. The van der Waals surface area contributed by atoms with E-state index in [0.717, 1.165) is 19.8 Å². The fraction of sp³-hybridized carbons (Fsp3) is 0.529. The Balaban J connectivity index is 1.79. The molecule has 116 valence electrons. The van der Waals surface area contributed by atoms with Gasteiger partial charge in [-0.1, -0.05) is 39.0 Å². The topological polar surface area (TPSA) is 15.7 Å². The summed E-state index contributed by atoms with van der Waals surface area (Å²) in [5.74, 6) is 0. The van der Waals surface area contributed by atoms with Crippen LogP contribution in [0.3, 0.4) is 0 Å². The quantitative estimate of drug-likeness (QED) is 0.756. The molecule has 0 bridgehead atoms. The molecule has 1 aromatic carbocycles. The summed E-state index contributed by atoms with van der Waals surface area (Å²) in [6.07, 6.45) is 4.30. The van der Waals surface area contributed by atoms with Gasteiger partial charge in [0.25, 0.3) is 0 Å². The highest BCUT2D eigenvalue weighted by atomic mass is 28.4. The normalized spacial score (nSPS) is 15.9. The van der Waals surface area contributed by atoms with Crippen LogP contribution >= 0.6 is 0 Å². The first-order valence-electron chi connectivity index (χ1n) is 7.68. The molecule has 0 radical (unpaired) electrons. The third kappa shape index (κ3) is 4.11. The van der Waals surface area contributed by atoms with Crippen LogP contribution in [0.5, 0.6) is 0 Å². The van der Waals surface area contributed by atoms with Gasteiger partial charge in [0.15, 0.2) is 8.32 Å². The van der Waals surface area contributed by atoms with E-state index in [-0.39, 0.29) is 5.04 Å². The summed E-state index contributed by atoms with van der Waals surface area (Å²) in [7, 11) is -1.62. The highest BCUT2D eigenvalue weighted by Crippen LogP contribution is 2.36. The summed E-state index contributed by atoms with van der Waals surface area (Å²) in [6.45, 7) is 14.1. The molecule has 3 nitrogen and oxygen atoms in total. The average Bonchev–Trinajstić information content (AvgIpc) is 2.87. The van der Waals surface area contributed by atoms with E-state index >= 15 is 0 Å². The molecule has 2 rings (SSSR count). The van der Waals surface area contributed by atoms with Crippen molar-refractivity contribution in [2.75, 3.05) is 24.7 Å². The van der Waals surface area contributed by atoms with E-state index in [1.54, 1.807) is 0 Å². The second kappa shape index (κ2) is 6.24. The smallest absolute Gasteiger partial charge is 0.192 e. The number of benzene rings is 1. The van der Waals surface area contributed by atoms with E-state index < -0.39 is 8.32 Å². The summed E-state index contributed by atoms with van der Waals surface area (Å²) in [5, 5.41) is 0.282. The van der Waals surface area contributed by atoms with Gasteiger partial charge in [-0.15, -0.1) is 0 Å².